The lowest BCUT2D eigenvalue weighted by molar-refractivity contribution is 0.629. The summed E-state index contributed by atoms with van der Waals surface area (Å²) in [5.41, 5.74) is 2.44. The second kappa shape index (κ2) is 4.88. The minimum atomic E-state index is -0.210. The van der Waals surface area contributed by atoms with Crippen molar-refractivity contribution in [2.75, 3.05) is 0 Å². The van der Waals surface area contributed by atoms with Crippen LogP contribution in [0.2, 0.25) is 0 Å². The van der Waals surface area contributed by atoms with Crippen molar-refractivity contribution in [3.8, 4) is 11.3 Å². The zero-order valence-electron chi connectivity index (χ0n) is 9.28. The van der Waals surface area contributed by atoms with Crippen LogP contribution in [0, 0.1) is 5.82 Å². The van der Waals surface area contributed by atoms with Crippen LogP contribution in [0.3, 0.4) is 0 Å². The van der Waals surface area contributed by atoms with E-state index in [0.29, 0.717) is 11.3 Å². The second-order valence-corrected chi connectivity index (χ2v) is 3.78. The Bertz CT molecular complexity index is 465. The molecule has 2 heteroatoms. The molecule has 2 rings (SSSR count). The van der Waals surface area contributed by atoms with Gasteiger partial charge in [0.05, 0.1) is 5.69 Å². The number of hydrogen-bond acceptors (Lipinski definition) is 1. The number of nitrogens with zero attached hydrogens (tertiary/aromatic N) is 1. The van der Waals surface area contributed by atoms with E-state index in [-0.39, 0.29) is 5.82 Å². The molecule has 0 bridgehead atoms. The Morgan fingerprint density at radius 2 is 2.06 bits per heavy atom. The SMILES string of the molecule is CCCc1ccc(F)c(-c2ccccn2)c1. The molecule has 1 heterocycles. The Balaban J connectivity index is 2.43. The van der Waals surface area contributed by atoms with Crippen LogP contribution in [0.1, 0.15) is 18.9 Å². The van der Waals surface area contributed by atoms with Crippen molar-refractivity contribution in [1.29, 1.82) is 0 Å². The monoisotopic (exact) mass is 215 g/mol. The average molecular weight is 215 g/mol. The first-order valence-corrected chi connectivity index (χ1v) is 5.51. The maximum Gasteiger partial charge on any atom is 0.132 e. The van der Waals surface area contributed by atoms with Crippen LogP contribution < -0.4 is 0 Å². The summed E-state index contributed by atoms with van der Waals surface area (Å²) in [6.45, 7) is 2.11. The second-order valence-electron chi connectivity index (χ2n) is 3.78. The van der Waals surface area contributed by atoms with Gasteiger partial charge in [-0.3, -0.25) is 4.98 Å². The van der Waals surface area contributed by atoms with E-state index in [1.165, 1.54) is 6.07 Å². The van der Waals surface area contributed by atoms with Gasteiger partial charge in [-0.2, -0.15) is 0 Å². The van der Waals surface area contributed by atoms with Gasteiger partial charge in [0.1, 0.15) is 5.82 Å². The molecule has 0 fully saturated rings. The molecular formula is C14H14FN. The van der Waals surface area contributed by atoms with Gasteiger partial charge in [0, 0.05) is 11.8 Å². The Morgan fingerprint density at radius 3 is 2.75 bits per heavy atom. The summed E-state index contributed by atoms with van der Waals surface area (Å²) in [5.74, 6) is -0.210. The average Bonchev–Trinajstić information content (AvgIpc) is 2.33. The fourth-order valence-corrected chi connectivity index (χ4v) is 1.73. The van der Waals surface area contributed by atoms with Crippen molar-refractivity contribution in [2.24, 2.45) is 0 Å². The number of benzene rings is 1. The van der Waals surface area contributed by atoms with E-state index >= 15 is 0 Å². The Morgan fingerprint density at radius 1 is 1.19 bits per heavy atom. The number of aromatic nitrogens is 1. The first-order chi connectivity index (χ1) is 7.81. The van der Waals surface area contributed by atoms with E-state index in [1.54, 1.807) is 6.20 Å². The summed E-state index contributed by atoms with van der Waals surface area (Å²) < 4.78 is 13.7. The largest absolute Gasteiger partial charge is 0.256 e. The zero-order chi connectivity index (χ0) is 11.4. The van der Waals surface area contributed by atoms with Crippen LogP contribution >= 0.6 is 0 Å². The lowest BCUT2D eigenvalue weighted by atomic mass is 10.0. The van der Waals surface area contributed by atoms with E-state index in [2.05, 4.69) is 11.9 Å². The molecule has 0 radical (unpaired) electrons. The number of halogens is 1. The van der Waals surface area contributed by atoms with Crippen LogP contribution in [-0.2, 0) is 6.42 Å². The predicted molar refractivity (Wildman–Crippen MR) is 63.6 cm³/mol. The van der Waals surface area contributed by atoms with E-state index in [4.69, 9.17) is 0 Å². The van der Waals surface area contributed by atoms with Crippen molar-refractivity contribution in [3.63, 3.8) is 0 Å². The van der Waals surface area contributed by atoms with Gasteiger partial charge in [-0.25, -0.2) is 4.39 Å². The molecule has 0 saturated carbocycles. The third-order valence-corrected chi connectivity index (χ3v) is 2.51. The molecule has 2 aromatic rings. The molecule has 0 spiro atoms. The highest BCUT2D eigenvalue weighted by molar-refractivity contribution is 5.60. The first kappa shape index (κ1) is 10.8. The lowest BCUT2D eigenvalue weighted by Crippen LogP contribution is -1.91. The number of aryl methyl sites for hydroxylation is 1. The van der Waals surface area contributed by atoms with Crippen LogP contribution in [0.25, 0.3) is 11.3 Å². The maximum absolute atomic E-state index is 13.7. The molecule has 0 saturated heterocycles. The van der Waals surface area contributed by atoms with Gasteiger partial charge >= 0.3 is 0 Å². The minimum Gasteiger partial charge on any atom is -0.256 e. The smallest absolute Gasteiger partial charge is 0.132 e. The van der Waals surface area contributed by atoms with Gasteiger partial charge in [0.25, 0.3) is 0 Å². The van der Waals surface area contributed by atoms with Crippen LogP contribution in [-0.4, -0.2) is 4.98 Å². The molecule has 1 nitrogen and oxygen atoms in total. The van der Waals surface area contributed by atoms with E-state index in [9.17, 15) is 4.39 Å². The van der Waals surface area contributed by atoms with E-state index in [0.717, 1.165) is 18.4 Å². The molecule has 82 valence electrons. The predicted octanol–water partition coefficient (Wildman–Crippen LogP) is 3.84. The zero-order valence-corrected chi connectivity index (χ0v) is 9.28. The van der Waals surface area contributed by atoms with Gasteiger partial charge in [-0.1, -0.05) is 25.5 Å². The molecule has 0 aliphatic carbocycles. The molecule has 1 aromatic carbocycles. The van der Waals surface area contributed by atoms with E-state index in [1.807, 2.05) is 30.3 Å². The molecule has 0 aliphatic heterocycles. The minimum absolute atomic E-state index is 0.210. The molecule has 0 amide bonds. The molecule has 16 heavy (non-hydrogen) atoms. The summed E-state index contributed by atoms with van der Waals surface area (Å²) in [7, 11) is 0. The highest BCUT2D eigenvalue weighted by atomic mass is 19.1. The van der Waals surface area contributed by atoms with Gasteiger partial charge in [0.2, 0.25) is 0 Å². The molecule has 0 unspecified atom stereocenters. The van der Waals surface area contributed by atoms with Crippen molar-refractivity contribution in [2.45, 2.75) is 19.8 Å². The Labute approximate surface area is 95.0 Å². The number of pyridine rings is 1. The summed E-state index contributed by atoms with van der Waals surface area (Å²) in [6, 6.07) is 10.8. The van der Waals surface area contributed by atoms with Crippen LogP contribution in [0.4, 0.5) is 4.39 Å². The fourth-order valence-electron chi connectivity index (χ4n) is 1.73. The van der Waals surface area contributed by atoms with Crippen molar-refractivity contribution >= 4 is 0 Å². The van der Waals surface area contributed by atoms with Crippen LogP contribution in [0.15, 0.2) is 42.6 Å². The van der Waals surface area contributed by atoms with Crippen molar-refractivity contribution in [1.82, 2.24) is 4.98 Å². The molecule has 0 N–H and O–H groups in total. The summed E-state index contributed by atoms with van der Waals surface area (Å²) >= 11 is 0. The van der Waals surface area contributed by atoms with Crippen molar-refractivity contribution in [3.05, 3.63) is 54.0 Å². The number of rotatable bonds is 3. The molecular weight excluding hydrogens is 201 g/mol. The fraction of sp³-hybridized carbons (Fsp3) is 0.214. The first-order valence-electron chi connectivity index (χ1n) is 5.51. The molecule has 0 aliphatic rings. The maximum atomic E-state index is 13.7. The summed E-state index contributed by atoms with van der Waals surface area (Å²) in [6.07, 6.45) is 3.72. The van der Waals surface area contributed by atoms with Gasteiger partial charge < -0.3 is 0 Å². The van der Waals surface area contributed by atoms with Crippen LogP contribution in [0.5, 0.6) is 0 Å². The summed E-state index contributed by atoms with van der Waals surface area (Å²) in [4.78, 5) is 4.17. The highest BCUT2D eigenvalue weighted by Gasteiger charge is 2.06. The van der Waals surface area contributed by atoms with Crippen molar-refractivity contribution < 1.29 is 4.39 Å². The Kier molecular flexibility index (Phi) is 3.30. The molecule has 0 atom stereocenters. The lowest BCUT2D eigenvalue weighted by Gasteiger charge is -2.05. The summed E-state index contributed by atoms with van der Waals surface area (Å²) in [5, 5.41) is 0. The number of hydrogen-bond donors (Lipinski definition) is 0. The standard InChI is InChI=1S/C14H14FN/c1-2-5-11-7-8-13(15)12(10-11)14-6-3-4-9-16-14/h3-4,6-10H,2,5H2,1H3. The van der Waals surface area contributed by atoms with Gasteiger partial charge in [0.15, 0.2) is 0 Å². The highest BCUT2D eigenvalue weighted by Crippen LogP contribution is 2.22. The third-order valence-electron chi connectivity index (χ3n) is 2.51. The normalized spacial score (nSPS) is 10.4. The van der Waals surface area contributed by atoms with Gasteiger partial charge in [-0.05, 0) is 36.2 Å². The third kappa shape index (κ3) is 2.27. The van der Waals surface area contributed by atoms with Gasteiger partial charge in [-0.15, -0.1) is 0 Å². The quantitative estimate of drug-likeness (QED) is 0.758. The van der Waals surface area contributed by atoms with E-state index < -0.39 is 0 Å². The Hall–Kier alpha value is -1.70. The molecule has 1 aromatic heterocycles. The topological polar surface area (TPSA) is 12.9 Å².